The fraction of sp³-hybridized carbons (Fsp3) is 0.182. The van der Waals surface area contributed by atoms with Gasteiger partial charge >= 0.3 is 0 Å². The lowest BCUT2D eigenvalue weighted by Crippen LogP contribution is -2.13. The van der Waals surface area contributed by atoms with Crippen LogP contribution in [0.5, 0.6) is 0 Å². The summed E-state index contributed by atoms with van der Waals surface area (Å²) in [7, 11) is 1.84. The zero-order valence-corrected chi connectivity index (χ0v) is 10.2. The predicted octanol–water partition coefficient (Wildman–Crippen LogP) is 0.799. The maximum absolute atomic E-state index is 10.8. The van der Waals surface area contributed by atoms with Crippen LogP contribution in [0.25, 0.3) is 11.4 Å². The summed E-state index contributed by atoms with van der Waals surface area (Å²) >= 11 is 4.16. The Morgan fingerprint density at radius 3 is 2.47 bits per heavy atom. The number of nitrogens with two attached hydrogens (primary N) is 1. The molecule has 6 heteroatoms. The number of rotatable bonds is 3. The molecular formula is C11H12N4OS. The van der Waals surface area contributed by atoms with Crippen molar-refractivity contribution in [3.8, 4) is 11.4 Å². The monoisotopic (exact) mass is 248 g/mol. The summed E-state index contributed by atoms with van der Waals surface area (Å²) in [6, 6.07) is 7.48. The maximum atomic E-state index is 10.8. The molecule has 1 heterocycles. The molecule has 0 atom stereocenters. The van der Waals surface area contributed by atoms with Gasteiger partial charge in [-0.1, -0.05) is 24.3 Å². The molecule has 1 aromatic heterocycles. The zero-order chi connectivity index (χ0) is 12.4. The molecule has 0 saturated carbocycles. The van der Waals surface area contributed by atoms with Crippen LogP contribution in [0.15, 0.2) is 29.4 Å². The number of carbonyl (C=O) groups excluding carboxylic acids is 1. The number of hydrogen-bond acceptors (Lipinski definition) is 4. The summed E-state index contributed by atoms with van der Waals surface area (Å²) in [5.41, 5.74) is 6.93. The quantitative estimate of drug-likeness (QED) is 0.789. The van der Waals surface area contributed by atoms with Gasteiger partial charge in [-0.3, -0.25) is 4.79 Å². The minimum atomic E-state index is -0.339. The Kier molecular flexibility index (Phi) is 3.14. The average molecular weight is 248 g/mol. The Morgan fingerprint density at radius 2 is 2.00 bits per heavy atom. The number of nitrogens with zero attached hydrogens (tertiary/aromatic N) is 3. The SMILES string of the molecule is Cn1c(S)nnc1-c1ccc(CC(N)=O)cc1. The molecule has 0 aliphatic carbocycles. The molecule has 0 radical (unpaired) electrons. The highest BCUT2D eigenvalue weighted by Crippen LogP contribution is 2.19. The largest absolute Gasteiger partial charge is 0.369 e. The normalized spacial score (nSPS) is 10.5. The van der Waals surface area contributed by atoms with E-state index >= 15 is 0 Å². The van der Waals surface area contributed by atoms with Gasteiger partial charge in [0.1, 0.15) is 0 Å². The minimum Gasteiger partial charge on any atom is -0.369 e. The van der Waals surface area contributed by atoms with Crippen LogP contribution in [0.4, 0.5) is 0 Å². The summed E-state index contributed by atoms with van der Waals surface area (Å²) in [5.74, 6) is 0.398. The lowest BCUT2D eigenvalue weighted by molar-refractivity contribution is -0.117. The third-order valence-electron chi connectivity index (χ3n) is 2.44. The third-order valence-corrected chi connectivity index (χ3v) is 2.83. The first kappa shape index (κ1) is 11.7. The van der Waals surface area contributed by atoms with E-state index in [4.69, 9.17) is 5.73 Å². The number of hydrogen-bond donors (Lipinski definition) is 2. The first-order valence-corrected chi connectivity index (χ1v) is 5.48. The maximum Gasteiger partial charge on any atom is 0.221 e. The van der Waals surface area contributed by atoms with E-state index in [2.05, 4.69) is 22.8 Å². The van der Waals surface area contributed by atoms with Gasteiger partial charge in [0.05, 0.1) is 6.42 Å². The van der Waals surface area contributed by atoms with Gasteiger partial charge in [0.25, 0.3) is 0 Å². The summed E-state index contributed by atoms with van der Waals surface area (Å²) in [6.45, 7) is 0. The van der Waals surface area contributed by atoms with Gasteiger partial charge in [0.2, 0.25) is 5.91 Å². The minimum absolute atomic E-state index is 0.247. The van der Waals surface area contributed by atoms with E-state index in [0.717, 1.165) is 17.0 Å². The average Bonchev–Trinajstić information content (AvgIpc) is 2.60. The zero-order valence-electron chi connectivity index (χ0n) is 9.29. The third kappa shape index (κ3) is 2.47. The van der Waals surface area contributed by atoms with E-state index in [0.29, 0.717) is 5.16 Å². The van der Waals surface area contributed by atoms with Crippen LogP contribution in [0.3, 0.4) is 0 Å². The van der Waals surface area contributed by atoms with Crippen molar-refractivity contribution in [3.63, 3.8) is 0 Å². The van der Waals surface area contributed by atoms with Crippen LogP contribution < -0.4 is 5.73 Å². The molecule has 2 aromatic rings. The predicted molar refractivity (Wildman–Crippen MR) is 66.6 cm³/mol. The molecule has 5 nitrogen and oxygen atoms in total. The molecule has 0 saturated heterocycles. The molecule has 0 aliphatic rings. The fourth-order valence-electron chi connectivity index (χ4n) is 1.55. The van der Waals surface area contributed by atoms with Crippen LogP contribution in [0, 0.1) is 0 Å². The number of primary amides is 1. The molecule has 17 heavy (non-hydrogen) atoms. The van der Waals surface area contributed by atoms with Gasteiger partial charge in [-0.25, -0.2) is 0 Å². The van der Waals surface area contributed by atoms with Crippen LogP contribution >= 0.6 is 12.6 Å². The van der Waals surface area contributed by atoms with Crippen LogP contribution in [-0.4, -0.2) is 20.7 Å². The van der Waals surface area contributed by atoms with E-state index in [1.54, 1.807) is 4.57 Å². The number of aromatic nitrogens is 3. The Balaban J connectivity index is 2.29. The molecule has 2 rings (SSSR count). The van der Waals surface area contributed by atoms with E-state index in [-0.39, 0.29) is 12.3 Å². The summed E-state index contributed by atoms with van der Waals surface area (Å²) < 4.78 is 1.78. The van der Waals surface area contributed by atoms with Gasteiger partial charge in [-0.2, -0.15) is 0 Å². The molecule has 1 aromatic carbocycles. The highest BCUT2D eigenvalue weighted by atomic mass is 32.1. The van der Waals surface area contributed by atoms with Crippen molar-refractivity contribution in [1.29, 1.82) is 0 Å². The van der Waals surface area contributed by atoms with Crippen molar-refractivity contribution in [2.75, 3.05) is 0 Å². The van der Waals surface area contributed by atoms with Crippen LogP contribution in [-0.2, 0) is 18.3 Å². The summed E-state index contributed by atoms with van der Waals surface area (Å²) in [4.78, 5) is 10.8. The molecule has 0 spiro atoms. The summed E-state index contributed by atoms with van der Waals surface area (Å²) in [6.07, 6.45) is 0.247. The molecular weight excluding hydrogens is 236 g/mol. The van der Waals surface area contributed by atoms with E-state index in [1.165, 1.54) is 0 Å². The second kappa shape index (κ2) is 4.58. The van der Waals surface area contributed by atoms with Crippen molar-refractivity contribution in [1.82, 2.24) is 14.8 Å². The van der Waals surface area contributed by atoms with Crippen LogP contribution in [0.2, 0.25) is 0 Å². The van der Waals surface area contributed by atoms with Gasteiger partial charge in [0, 0.05) is 12.6 Å². The van der Waals surface area contributed by atoms with E-state index in [1.807, 2.05) is 31.3 Å². The van der Waals surface area contributed by atoms with Crippen LogP contribution in [0.1, 0.15) is 5.56 Å². The van der Waals surface area contributed by atoms with Gasteiger partial charge in [-0.15, -0.1) is 22.8 Å². The van der Waals surface area contributed by atoms with E-state index in [9.17, 15) is 4.79 Å². The van der Waals surface area contributed by atoms with Crippen molar-refractivity contribution >= 4 is 18.5 Å². The first-order valence-electron chi connectivity index (χ1n) is 5.04. The fourth-order valence-corrected chi connectivity index (χ4v) is 1.68. The molecule has 1 amide bonds. The van der Waals surface area contributed by atoms with Crippen molar-refractivity contribution in [3.05, 3.63) is 29.8 Å². The molecule has 0 aliphatic heterocycles. The molecule has 0 unspecified atom stereocenters. The standard InChI is InChI=1S/C11H12N4OS/c1-15-10(13-14-11(15)17)8-4-2-7(3-5-8)6-9(12)16/h2-5H,6H2,1H3,(H2,12,16)(H,14,17). The number of carbonyl (C=O) groups is 1. The number of thiol groups is 1. The van der Waals surface area contributed by atoms with Crippen molar-refractivity contribution in [2.45, 2.75) is 11.6 Å². The summed E-state index contributed by atoms with van der Waals surface area (Å²) in [5, 5.41) is 8.44. The molecule has 88 valence electrons. The van der Waals surface area contributed by atoms with Gasteiger partial charge < -0.3 is 10.3 Å². The Bertz CT molecular complexity index is 547. The second-order valence-corrected chi connectivity index (χ2v) is 4.12. The topological polar surface area (TPSA) is 73.8 Å². The Labute approximate surface area is 104 Å². The second-order valence-electron chi connectivity index (χ2n) is 3.72. The van der Waals surface area contributed by atoms with E-state index < -0.39 is 0 Å². The number of benzene rings is 1. The van der Waals surface area contributed by atoms with Gasteiger partial charge in [-0.05, 0) is 5.56 Å². The molecule has 0 fully saturated rings. The van der Waals surface area contributed by atoms with Crippen molar-refractivity contribution in [2.24, 2.45) is 12.8 Å². The molecule has 2 N–H and O–H groups in total. The Morgan fingerprint density at radius 1 is 1.35 bits per heavy atom. The number of amides is 1. The van der Waals surface area contributed by atoms with Crippen molar-refractivity contribution < 1.29 is 4.79 Å². The highest BCUT2D eigenvalue weighted by Gasteiger charge is 2.08. The smallest absolute Gasteiger partial charge is 0.221 e. The molecule has 0 bridgehead atoms. The Hall–Kier alpha value is -1.82. The lowest BCUT2D eigenvalue weighted by atomic mass is 10.1. The van der Waals surface area contributed by atoms with Gasteiger partial charge in [0.15, 0.2) is 11.0 Å². The first-order chi connectivity index (χ1) is 8.08. The highest BCUT2D eigenvalue weighted by molar-refractivity contribution is 7.80. The lowest BCUT2D eigenvalue weighted by Gasteiger charge is -2.02.